The lowest BCUT2D eigenvalue weighted by atomic mass is 9.85. The summed E-state index contributed by atoms with van der Waals surface area (Å²) in [7, 11) is 0. The molecule has 29 heavy (non-hydrogen) atoms. The van der Waals surface area contributed by atoms with Crippen LogP contribution >= 0.6 is 35.5 Å². The molecule has 1 aliphatic heterocycles. The zero-order chi connectivity index (χ0) is 19.8. The Bertz CT molecular complexity index is 657. The zero-order valence-corrected chi connectivity index (χ0v) is 20.7. The maximum atomic E-state index is 11.9. The number of piperazine rings is 1. The van der Waals surface area contributed by atoms with Crippen molar-refractivity contribution in [2.75, 3.05) is 50.7 Å². The van der Waals surface area contributed by atoms with E-state index < -0.39 is 0 Å². The summed E-state index contributed by atoms with van der Waals surface area (Å²) in [5.74, 6) is 2.39. The first-order chi connectivity index (χ1) is 13.7. The van der Waals surface area contributed by atoms with Crippen molar-refractivity contribution in [3.8, 4) is 0 Å². The third-order valence-electron chi connectivity index (χ3n) is 5.33. The SMILES string of the molecule is CCNC(=NCCCNC(=O)C1CCC1)N1CCN(c2nc(CC)ns2)CC1.I. The molecule has 10 heteroatoms. The standard InChI is InChI=1S/C19H33N7OS.HI/c1-3-16-23-19(28-24-16)26-13-11-25(12-14-26)18(20-4-2)22-10-6-9-21-17(27)15-7-5-8-15;/h15H,3-14H2,1-2H3,(H,20,22)(H,21,27);1H. The molecule has 0 unspecified atom stereocenters. The van der Waals surface area contributed by atoms with Gasteiger partial charge < -0.3 is 20.4 Å². The van der Waals surface area contributed by atoms with Crippen molar-refractivity contribution in [3.05, 3.63) is 5.82 Å². The van der Waals surface area contributed by atoms with Crippen molar-refractivity contribution >= 4 is 52.5 Å². The molecule has 3 rings (SSSR count). The molecule has 1 aromatic heterocycles. The number of aryl methyl sites for hydroxylation is 1. The van der Waals surface area contributed by atoms with Crippen LogP contribution in [0.4, 0.5) is 5.13 Å². The minimum atomic E-state index is 0. The van der Waals surface area contributed by atoms with Crippen LogP contribution < -0.4 is 15.5 Å². The number of anilines is 1. The smallest absolute Gasteiger partial charge is 0.223 e. The Morgan fingerprint density at radius 1 is 1.21 bits per heavy atom. The highest BCUT2D eigenvalue weighted by molar-refractivity contribution is 14.0. The van der Waals surface area contributed by atoms with E-state index >= 15 is 0 Å². The van der Waals surface area contributed by atoms with Crippen LogP contribution in [0.15, 0.2) is 4.99 Å². The first-order valence-electron chi connectivity index (χ1n) is 10.6. The Kier molecular flexibility index (Phi) is 10.4. The van der Waals surface area contributed by atoms with E-state index in [1.807, 2.05) is 0 Å². The van der Waals surface area contributed by atoms with Gasteiger partial charge in [0, 0.05) is 69.7 Å². The summed E-state index contributed by atoms with van der Waals surface area (Å²) in [5.41, 5.74) is 0. The molecule has 2 N–H and O–H groups in total. The van der Waals surface area contributed by atoms with Gasteiger partial charge in [0.25, 0.3) is 0 Å². The monoisotopic (exact) mass is 535 g/mol. The number of hydrogen-bond donors (Lipinski definition) is 2. The first kappa shape index (κ1) is 24.1. The summed E-state index contributed by atoms with van der Waals surface area (Å²) < 4.78 is 4.39. The van der Waals surface area contributed by atoms with Gasteiger partial charge in [-0.3, -0.25) is 9.79 Å². The van der Waals surface area contributed by atoms with Crippen LogP contribution in [0.5, 0.6) is 0 Å². The Hall–Kier alpha value is -1.17. The third kappa shape index (κ3) is 6.94. The second-order valence-electron chi connectivity index (χ2n) is 7.33. The number of amides is 1. The van der Waals surface area contributed by atoms with Crippen LogP contribution in [-0.4, -0.2) is 71.9 Å². The highest BCUT2D eigenvalue weighted by Gasteiger charge is 2.24. The Balaban J connectivity index is 0.00000300. The first-order valence-corrected chi connectivity index (χ1v) is 11.4. The number of guanidine groups is 1. The maximum Gasteiger partial charge on any atom is 0.223 e. The molecular formula is C19H34IN7OS. The van der Waals surface area contributed by atoms with Crippen LogP contribution in [0, 0.1) is 5.92 Å². The predicted molar refractivity (Wildman–Crippen MR) is 129 cm³/mol. The number of carbonyl (C=O) groups is 1. The van der Waals surface area contributed by atoms with Gasteiger partial charge in [-0.15, -0.1) is 24.0 Å². The zero-order valence-electron chi connectivity index (χ0n) is 17.5. The largest absolute Gasteiger partial charge is 0.357 e. The van der Waals surface area contributed by atoms with Gasteiger partial charge in [-0.05, 0) is 26.2 Å². The van der Waals surface area contributed by atoms with E-state index in [1.54, 1.807) is 0 Å². The predicted octanol–water partition coefficient (Wildman–Crippen LogP) is 2.11. The van der Waals surface area contributed by atoms with Crippen molar-refractivity contribution in [2.24, 2.45) is 10.9 Å². The lowest BCUT2D eigenvalue weighted by Crippen LogP contribution is -2.52. The molecular weight excluding hydrogens is 501 g/mol. The molecule has 0 atom stereocenters. The highest BCUT2D eigenvalue weighted by Crippen LogP contribution is 2.26. The fourth-order valence-corrected chi connectivity index (χ4v) is 4.14. The number of halogens is 1. The molecule has 8 nitrogen and oxygen atoms in total. The summed E-state index contributed by atoms with van der Waals surface area (Å²) in [5, 5.41) is 7.47. The fraction of sp³-hybridized carbons (Fsp3) is 0.789. The molecule has 0 aromatic carbocycles. The molecule has 0 spiro atoms. The quantitative estimate of drug-likeness (QED) is 0.230. The second kappa shape index (κ2) is 12.5. The van der Waals surface area contributed by atoms with Gasteiger partial charge in [0.15, 0.2) is 5.96 Å². The lowest BCUT2D eigenvalue weighted by molar-refractivity contribution is -0.127. The fourth-order valence-electron chi connectivity index (χ4n) is 3.34. The van der Waals surface area contributed by atoms with Crippen molar-refractivity contribution in [1.82, 2.24) is 24.9 Å². The van der Waals surface area contributed by atoms with Crippen LogP contribution in [0.25, 0.3) is 0 Å². The summed E-state index contributed by atoms with van der Waals surface area (Å²) >= 11 is 1.50. The van der Waals surface area contributed by atoms with E-state index in [1.165, 1.54) is 18.0 Å². The minimum Gasteiger partial charge on any atom is -0.357 e. The summed E-state index contributed by atoms with van der Waals surface area (Å²) in [6.45, 7) is 10.2. The van der Waals surface area contributed by atoms with E-state index in [4.69, 9.17) is 4.99 Å². The lowest BCUT2D eigenvalue weighted by Gasteiger charge is -2.36. The molecule has 1 saturated carbocycles. The van der Waals surface area contributed by atoms with E-state index in [0.29, 0.717) is 6.54 Å². The van der Waals surface area contributed by atoms with Crippen LogP contribution in [0.3, 0.4) is 0 Å². The number of rotatable bonds is 8. The Morgan fingerprint density at radius 3 is 2.55 bits per heavy atom. The van der Waals surface area contributed by atoms with Gasteiger partial charge >= 0.3 is 0 Å². The topological polar surface area (TPSA) is 85.8 Å². The normalized spacial score (nSPS) is 17.5. The van der Waals surface area contributed by atoms with Crippen LogP contribution in [0.2, 0.25) is 0 Å². The van der Waals surface area contributed by atoms with Gasteiger partial charge in [-0.1, -0.05) is 13.3 Å². The van der Waals surface area contributed by atoms with Crippen molar-refractivity contribution in [2.45, 2.75) is 46.0 Å². The second-order valence-corrected chi connectivity index (χ2v) is 8.06. The van der Waals surface area contributed by atoms with Gasteiger partial charge in [0.05, 0.1) is 0 Å². The molecule has 0 bridgehead atoms. The number of aromatic nitrogens is 2. The molecule has 2 heterocycles. The number of hydrogen-bond acceptors (Lipinski definition) is 6. The van der Waals surface area contributed by atoms with Crippen molar-refractivity contribution in [3.63, 3.8) is 0 Å². The van der Waals surface area contributed by atoms with Gasteiger partial charge in [-0.25, -0.2) is 4.98 Å². The van der Waals surface area contributed by atoms with Crippen LogP contribution in [-0.2, 0) is 11.2 Å². The maximum absolute atomic E-state index is 11.9. The molecule has 1 aliphatic carbocycles. The Morgan fingerprint density at radius 2 is 1.97 bits per heavy atom. The highest BCUT2D eigenvalue weighted by atomic mass is 127. The molecule has 1 amide bonds. The molecule has 2 aliphatic rings. The summed E-state index contributed by atoms with van der Waals surface area (Å²) in [4.78, 5) is 25.9. The summed E-state index contributed by atoms with van der Waals surface area (Å²) in [6, 6.07) is 0. The van der Waals surface area contributed by atoms with E-state index in [9.17, 15) is 4.79 Å². The summed E-state index contributed by atoms with van der Waals surface area (Å²) in [6.07, 6.45) is 5.06. The van der Waals surface area contributed by atoms with E-state index in [0.717, 1.165) is 81.9 Å². The Labute approximate surface area is 195 Å². The van der Waals surface area contributed by atoms with Crippen molar-refractivity contribution in [1.29, 1.82) is 0 Å². The average Bonchev–Trinajstić information content (AvgIpc) is 3.15. The van der Waals surface area contributed by atoms with Gasteiger partial charge in [-0.2, -0.15) is 4.37 Å². The number of nitrogens with zero attached hydrogens (tertiary/aromatic N) is 5. The molecule has 1 saturated heterocycles. The van der Waals surface area contributed by atoms with Crippen molar-refractivity contribution < 1.29 is 4.79 Å². The van der Waals surface area contributed by atoms with Gasteiger partial charge in [0.1, 0.15) is 5.82 Å². The van der Waals surface area contributed by atoms with Gasteiger partial charge in [0.2, 0.25) is 11.0 Å². The number of nitrogens with one attached hydrogen (secondary N) is 2. The number of carbonyl (C=O) groups excluding carboxylic acids is 1. The molecule has 164 valence electrons. The molecule has 1 aromatic rings. The van der Waals surface area contributed by atoms with Crippen LogP contribution in [0.1, 0.15) is 45.4 Å². The molecule has 0 radical (unpaired) electrons. The molecule has 2 fully saturated rings. The van der Waals surface area contributed by atoms with E-state index in [-0.39, 0.29) is 35.8 Å². The number of aliphatic imine (C=N–C) groups is 1. The minimum absolute atomic E-state index is 0. The van der Waals surface area contributed by atoms with E-state index in [2.05, 4.69) is 43.6 Å². The third-order valence-corrected chi connectivity index (χ3v) is 6.14. The average molecular weight is 536 g/mol.